The van der Waals surface area contributed by atoms with Gasteiger partial charge in [0.1, 0.15) is 6.10 Å². The highest BCUT2D eigenvalue weighted by atomic mass is 16.5. The SMILES string of the molecule is CC(=O)c1ccc(-c2ccc3c(=O)c4cccnc4oc3n2)cc1.CC(=O)c1ccc(-c2ccc3c(n2)Oc2ncccc2C3O)cc1. The Morgan fingerprint density at radius 3 is 1.85 bits per heavy atom. The fraction of sp³-hybridized carbons (Fsp3) is 0.0789. The van der Waals surface area contributed by atoms with Crippen molar-refractivity contribution in [2.45, 2.75) is 20.0 Å². The van der Waals surface area contributed by atoms with Gasteiger partial charge in [0.15, 0.2) is 11.6 Å². The number of benzene rings is 2. The zero-order valence-electron chi connectivity index (χ0n) is 25.7. The fourth-order valence-corrected chi connectivity index (χ4v) is 5.34. The van der Waals surface area contributed by atoms with Gasteiger partial charge < -0.3 is 14.3 Å². The first-order valence-corrected chi connectivity index (χ1v) is 15.0. The van der Waals surface area contributed by atoms with Crippen molar-refractivity contribution < 1.29 is 23.8 Å². The molecule has 2 aromatic carbocycles. The van der Waals surface area contributed by atoms with Crippen molar-refractivity contribution in [3.8, 4) is 34.3 Å². The number of hydrogen-bond acceptors (Lipinski definition) is 10. The predicted octanol–water partition coefficient (Wildman–Crippen LogP) is 7.14. The quantitative estimate of drug-likeness (QED) is 0.157. The van der Waals surface area contributed by atoms with Crippen molar-refractivity contribution in [3.63, 3.8) is 0 Å². The molecule has 6 heterocycles. The van der Waals surface area contributed by atoms with E-state index in [2.05, 4.69) is 19.9 Å². The van der Waals surface area contributed by atoms with E-state index in [4.69, 9.17) is 9.15 Å². The number of carbonyl (C=O) groups is 2. The third-order valence-corrected chi connectivity index (χ3v) is 7.96. The van der Waals surface area contributed by atoms with Crippen LogP contribution in [0, 0.1) is 0 Å². The maximum atomic E-state index is 12.5. The lowest BCUT2D eigenvalue weighted by Crippen LogP contribution is -2.12. The van der Waals surface area contributed by atoms with E-state index in [1.54, 1.807) is 79.1 Å². The number of ether oxygens (including phenoxy) is 1. The van der Waals surface area contributed by atoms with Gasteiger partial charge in [0.05, 0.1) is 22.2 Å². The molecule has 7 aromatic rings. The number of nitrogens with zero attached hydrogens (tertiary/aromatic N) is 4. The maximum absolute atomic E-state index is 12.5. The van der Waals surface area contributed by atoms with Gasteiger partial charge in [-0.05, 0) is 62.4 Å². The zero-order chi connectivity index (χ0) is 33.4. The van der Waals surface area contributed by atoms with Crippen LogP contribution in [0.5, 0.6) is 11.8 Å². The van der Waals surface area contributed by atoms with Gasteiger partial charge in [0.25, 0.3) is 0 Å². The van der Waals surface area contributed by atoms with Crippen LogP contribution < -0.4 is 10.2 Å². The summed E-state index contributed by atoms with van der Waals surface area (Å²) in [4.78, 5) is 52.4. The number of hydrogen-bond donors (Lipinski definition) is 1. The Hall–Kier alpha value is -6.39. The third kappa shape index (κ3) is 5.72. The van der Waals surface area contributed by atoms with Gasteiger partial charge in [0.2, 0.25) is 28.6 Å². The molecular weight excluding hydrogens is 608 g/mol. The topological polar surface area (TPSA) is 145 Å². The van der Waals surface area contributed by atoms with Crippen molar-refractivity contribution in [1.29, 1.82) is 0 Å². The molecular formula is C38H26N4O6. The molecule has 0 aliphatic carbocycles. The second-order valence-corrected chi connectivity index (χ2v) is 11.1. The first-order chi connectivity index (χ1) is 23.3. The van der Waals surface area contributed by atoms with Crippen LogP contribution in [0.2, 0.25) is 0 Å². The van der Waals surface area contributed by atoms with Crippen LogP contribution in [0.3, 0.4) is 0 Å². The van der Waals surface area contributed by atoms with Crippen LogP contribution in [0.25, 0.3) is 44.7 Å². The van der Waals surface area contributed by atoms with Gasteiger partial charge in [-0.1, -0.05) is 48.5 Å². The number of ketones is 2. The number of fused-ring (bicyclic) bond motifs is 4. The van der Waals surface area contributed by atoms with Crippen LogP contribution in [0.4, 0.5) is 0 Å². The molecule has 1 aliphatic heterocycles. The Balaban J connectivity index is 0.000000152. The van der Waals surface area contributed by atoms with Crippen LogP contribution in [0.15, 0.2) is 119 Å². The number of rotatable bonds is 4. The summed E-state index contributed by atoms with van der Waals surface area (Å²) in [6, 6.07) is 28.4. The number of Topliss-reactive ketones (excluding diaryl/α,β-unsaturated/α-hetero) is 2. The standard InChI is InChI=1S/C19H14N2O3.C19H12N2O3/c2*1-11(22)12-4-6-13(7-5-12)16-9-8-15-17(23)14-3-2-10-20-18(14)24-19(15)21-16/h2-10,17,23H,1H3;2-10H,1H3. The largest absolute Gasteiger partial charge is 0.420 e. The van der Waals surface area contributed by atoms with Crippen LogP contribution >= 0.6 is 0 Å². The predicted molar refractivity (Wildman–Crippen MR) is 179 cm³/mol. The van der Waals surface area contributed by atoms with E-state index in [0.29, 0.717) is 56.2 Å². The highest BCUT2D eigenvalue weighted by Crippen LogP contribution is 2.41. The molecule has 234 valence electrons. The first-order valence-electron chi connectivity index (χ1n) is 15.0. The molecule has 5 aromatic heterocycles. The molecule has 8 rings (SSSR count). The lowest BCUT2D eigenvalue weighted by molar-refractivity contribution is 0.100. The number of aromatic nitrogens is 4. The van der Waals surface area contributed by atoms with Crippen LogP contribution in [-0.4, -0.2) is 36.6 Å². The van der Waals surface area contributed by atoms with Crippen LogP contribution in [0.1, 0.15) is 51.8 Å². The van der Waals surface area contributed by atoms with Gasteiger partial charge in [-0.3, -0.25) is 14.4 Å². The van der Waals surface area contributed by atoms with Crippen molar-refractivity contribution in [3.05, 3.63) is 142 Å². The number of pyridine rings is 4. The van der Waals surface area contributed by atoms with Gasteiger partial charge in [-0.2, -0.15) is 0 Å². The summed E-state index contributed by atoms with van der Waals surface area (Å²) >= 11 is 0. The minimum absolute atomic E-state index is 0.0107. The minimum Gasteiger partial charge on any atom is -0.420 e. The van der Waals surface area contributed by atoms with E-state index in [1.165, 1.54) is 13.8 Å². The maximum Gasteiger partial charge on any atom is 0.233 e. The number of carbonyl (C=O) groups excluding carboxylic acids is 2. The van der Waals surface area contributed by atoms with E-state index in [9.17, 15) is 19.5 Å². The molecule has 0 radical (unpaired) electrons. The Kier molecular flexibility index (Phi) is 7.84. The summed E-state index contributed by atoms with van der Waals surface area (Å²) in [5.41, 5.74) is 5.98. The molecule has 1 N–H and O–H groups in total. The Labute approximate surface area is 273 Å². The first kappa shape index (κ1) is 30.3. The number of aliphatic hydroxyl groups excluding tert-OH is 1. The molecule has 10 heteroatoms. The van der Waals surface area contributed by atoms with E-state index in [1.807, 2.05) is 30.3 Å². The van der Waals surface area contributed by atoms with E-state index >= 15 is 0 Å². The molecule has 0 amide bonds. The third-order valence-electron chi connectivity index (χ3n) is 7.96. The highest BCUT2D eigenvalue weighted by molar-refractivity contribution is 5.95. The van der Waals surface area contributed by atoms with E-state index in [0.717, 1.165) is 11.1 Å². The molecule has 1 aliphatic rings. The summed E-state index contributed by atoms with van der Waals surface area (Å²) in [6.07, 6.45) is 2.38. The molecule has 1 atom stereocenters. The monoisotopic (exact) mass is 634 g/mol. The van der Waals surface area contributed by atoms with Crippen molar-refractivity contribution >= 4 is 33.8 Å². The molecule has 0 spiro atoms. The summed E-state index contributed by atoms with van der Waals surface area (Å²) < 4.78 is 11.4. The zero-order valence-corrected chi connectivity index (χ0v) is 25.7. The molecule has 1 unspecified atom stereocenters. The molecule has 0 fully saturated rings. The van der Waals surface area contributed by atoms with Gasteiger partial charge in [-0.25, -0.2) is 19.9 Å². The smallest absolute Gasteiger partial charge is 0.233 e. The van der Waals surface area contributed by atoms with Crippen molar-refractivity contribution in [1.82, 2.24) is 19.9 Å². The Morgan fingerprint density at radius 1 is 0.625 bits per heavy atom. The molecule has 0 saturated heterocycles. The van der Waals surface area contributed by atoms with Gasteiger partial charge in [0, 0.05) is 45.8 Å². The van der Waals surface area contributed by atoms with E-state index in [-0.39, 0.29) is 28.4 Å². The molecule has 48 heavy (non-hydrogen) atoms. The van der Waals surface area contributed by atoms with Gasteiger partial charge >= 0.3 is 0 Å². The minimum atomic E-state index is -0.806. The lowest BCUT2D eigenvalue weighted by atomic mass is 10.00. The molecule has 10 nitrogen and oxygen atoms in total. The van der Waals surface area contributed by atoms with E-state index < -0.39 is 6.10 Å². The summed E-state index contributed by atoms with van der Waals surface area (Å²) in [5, 5.41) is 11.3. The molecule has 0 saturated carbocycles. The molecule has 0 bridgehead atoms. The summed E-state index contributed by atoms with van der Waals surface area (Å²) in [5.74, 6) is 0.751. The second-order valence-electron chi connectivity index (χ2n) is 11.1. The normalized spacial score (nSPS) is 13.1. The average molecular weight is 635 g/mol. The van der Waals surface area contributed by atoms with Gasteiger partial charge in [-0.15, -0.1) is 0 Å². The summed E-state index contributed by atoms with van der Waals surface area (Å²) in [6.45, 7) is 3.06. The summed E-state index contributed by atoms with van der Waals surface area (Å²) in [7, 11) is 0. The van der Waals surface area contributed by atoms with Crippen molar-refractivity contribution in [2.24, 2.45) is 0 Å². The Bertz CT molecular complexity index is 2420. The van der Waals surface area contributed by atoms with Crippen LogP contribution in [-0.2, 0) is 0 Å². The fourth-order valence-electron chi connectivity index (χ4n) is 5.34. The Morgan fingerprint density at radius 2 is 1.19 bits per heavy atom. The number of aliphatic hydroxyl groups is 1. The average Bonchev–Trinajstić information content (AvgIpc) is 3.12. The second kappa shape index (κ2) is 12.4. The van der Waals surface area contributed by atoms with Crippen molar-refractivity contribution in [2.75, 3.05) is 0 Å². The lowest BCUT2D eigenvalue weighted by Gasteiger charge is -2.23. The highest BCUT2D eigenvalue weighted by Gasteiger charge is 2.27.